The second kappa shape index (κ2) is 8.29. The molecule has 2 heterocycles. The van der Waals surface area contributed by atoms with E-state index in [2.05, 4.69) is 31.8 Å². The summed E-state index contributed by atoms with van der Waals surface area (Å²) in [6.07, 6.45) is 5.04. The summed E-state index contributed by atoms with van der Waals surface area (Å²) in [5.74, 6) is 0. The minimum atomic E-state index is -0.483. The molecule has 0 bridgehead atoms. The number of carbonyl (C=O) groups excluding carboxylic acids is 1. The minimum Gasteiger partial charge on any atom is -0.441 e. The average Bonchev–Trinajstić information content (AvgIpc) is 3.36. The van der Waals surface area contributed by atoms with E-state index in [1.807, 2.05) is 36.7 Å². The first-order chi connectivity index (χ1) is 15.6. The van der Waals surface area contributed by atoms with Crippen molar-refractivity contribution in [3.05, 3.63) is 71.8 Å². The summed E-state index contributed by atoms with van der Waals surface area (Å²) >= 11 is 0. The number of nitrogens with zero attached hydrogens (tertiary/aromatic N) is 3. The van der Waals surface area contributed by atoms with Crippen LogP contribution < -0.4 is 5.32 Å². The molecule has 2 fully saturated rings. The van der Waals surface area contributed by atoms with Crippen molar-refractivity contribution in [1.82, 2.24) is 14.9 Å². The lowest BCUT2D eigenvalue weighted by atomic mass is 9.67. The summed E-state index contributed by atoms with van der Waals surface area (Å²) in [5, 5.41) is 2.85. The lowest BCUT2D eigenvalue weighted by Crippen LogP contribution is -2.47. The maximum Gasteiger partial charge on any atom is 0.407 e. The van der Waals surface area contributed by atoms with E-state index in [4.69, 9.17) is 16.0 Å². The van der Waals surface area contributed by atoms with Gasteiger partial charge in [-0.05, 0) is 43.4 Å². The van der Waals surface area contributed by atoms with Gasteiger partial charge >= 0.3 is 6.09 Å². The van der Waals surface area contributed by atoms with Gasteiger partial charge in [-0.1, -0.05) is 36.4 Å². The van der Waals surface area contributed by atoms with E-state index in [-0.39, 0.29) is 11.5 Å². The summed E-state index contributed by atoms with van der Waals surface area (Å²) in [7, 11) is 0. The first kappa shape index (κ1) is 20.5. The van der Waals surface area contributed by atoms with Crippen molar-refractivity contribution in [2.45, 2.75) is 44.4 Å². The molecule has 2 atom stereocenters. The van der Waals surface area contributed by atoms with E-state index in [0.717, 1.165) is 42.3 Å². The van der Waals surface area contributed by atoms with Gasteiger partial charge in [-0.3, -0.25) is 0 Å². The molecule has 32 heavy (non-hydrogen) atoms. The molecule has 0 radical (unpaired) electrons. The van der Waals surface area contributed by atoms with Crippen molar-refractivity contribution in [1.29, 1.82) is 0 Å². The molecule has 1 aliphatic carbocycles. The van der Waals surface area contributed by atoms with Crippen LogP contribution in [0.15, 0.2) is 54.9 Å². The van der Waals surface area contributed by atoms with Gasteiger partial charge in [-0.2, -0.15) is 0 Å². The predicted octanol–water partition coefficient (Wildman–Crippen LogP) is 4.84. The second-order valence-corrected chi connectivity index (χ2v) is 9.09. The molecule has 164 valence electrons. The number of rotatable bonds is 6. The molecule has 7 heteroatoms. The topological polar surface area (TPSA) is 69.7 Å². The Hall–Kier alpha value is -3.37. The molecule has 5 rings (SSSR count). The maximum absolute atomic E-state index is 11.9. The van der Waals surface area contributed by atoms with E-state index in [1.54, 1.807) is 6.07 Å². The maximum atomic E-state index is 11.9. The van der Waals surface area contributed by atoms with Gasteiger partial charge < -0.3 is 19.4 Å². The van der Waals surface area contributed by atoms with Crippen molar-refractivity contribution in [3.63, 3.8) is 0 Å². The van der Waals surface area contributed by atoms with Crippen LogP contribution in [0.25, 0.3) is 15.9 Å². The fourth-order valence-corrected chi connectivity index (χ4v) is 5.25. The van der Waals surface area contributed by atoms with Crippen LogP contribution in [-0.2, 0) is 22.6 Å². The van der Waals surface area contributed by atoms with Crippen LogP contribution in [-0.4, -0.2) is 34.4 Å². The third kappa shape index (κ3) is 4.06. The lowest BCUT2D eigenvalue weighted by molar-refractivity contribution is -0.0727. The molecule has 1 saturated heterocycles. The molecule has 3 aromatic rings. The molecule has 2 aliphatic rings. The zero-order valence-corrected chi connectivity index (χ0v) is 17.9. The Morgan fingerprint density at radius 2 is 2.09 bits per heavy atom. The molecule has 7 nitrogen and oxygen atoms in total. The molecule has 1 aliphatic heterocycles. The van der Waals surface area contributed by atoms with E-state index < -0.39 is 5.60 Å². The molecule has 1 N–H and O–H groups in total. The van der Waals surface area contributed by atoms with Crippen LogP contribution in [0.2, 0.25) is 0 Å². The Bertz CT molecular complexity index is 1170. The second-order valence-electron chi connectivity index (χ2n) is 9.09. The average molecular weight is 431 g/mol. The number of imidazole rings is 1. The first-order valence-corrected chi connectivity index (χ1v) is 11.0. The molecule has 1 aromatic heterocycles. The van der Waals surface area contributed by atoms with Crippen LogP contribution in [0.1, 0.15) is 31.2 Å². The van der Waals surface area contributed by atoms with E-state index in [9.17, 15) is 4.79 Å². The monoisotopic (exact) mass is 430 g/mol. The van der Waals surface area contributed by atoms with Gasteiger partial charge in [-0.25, -0.2) is 14.6 Å². The zero-order valence-electron chi connectivity index (χ0n) is 17.9. The van der Waals surface area contributed by atoms with Crippen molar-refractivity contribution in [2.75, 3.05) is 13.2 Å². The highest BCUT2D eigenvalue weighted by atomic mass is 16.6. The normalized spacial score (nSPS) is 24.9. The van der Waals surface area contributed by atoms with Crippen molar-refractivity contribution >= 4 is 22.8 Å². The van der Waals surface area contributed by atoms with Crippen LogP contribution in [0.4, 0.5) is 10.5 Å². The summed E-state index contributed by atoms with van der Waals surface area (Å²) in [4.78, 5) is 20.0. The fraction of sp³-hybridized carbons (Fsp3) is 0.400. The van der Waals surface area contributed by atoms with Gasteiger partial charge in [0.05, 0.1) is 43.7 Å². The summed E-state index contributed by atoms with van der Waals surface area (Å²) in [6.45, 7) is 9.69. The predicted molar refractivity (Wildman–Crippen MR) is 120 cm³/mol. The Balaban J connectivity index is 1.43. The Kier molecular flexibility index (Phi) is 5.32. The smallest absolute Gasteiger partial charge is 0.407 e. The number of aromatic nitrogens is 2. The number of amides is 1. The van der Waals surface area contributed by atoms with Gasteiger partial charge in [0, 0.05) is 12.0 Å². The van der Waals surface area contributed by atoms with E-state index in [1.165, 1.54) is 0 Å². The first-order valence-electron chi connectivity index (χ1n) is 11.0. The number of fused-ring (bicyclic) bond motifs is 1. The van der Waals surface area contributed by atoms with Gasteiger partial charge in [0.15, 0.2) is 5.69 Å². The molecule has 1 amide bonds. The van der Waals surface area contributed by atoms with Crippen LogP contribution in [0.5, 0.6) is 0 Å². The van der Waals surface area contributed by atoms with Gasteiger partial charge in [0.2, 0.25) is 0 Å². The number of ether oxygens (including phenoxy) is 2. The molecular formula is C25H26N4O3. The molecule has 1 unspecified atom stereocenters. The molecule has 1 spiro atoms. The SMILES string of the molecule is [C-]#[N+]c1ccc2ncn(C[C@@]3(COCc4ccccc4)CCCC4(CNC(=O)O4)C3)c2c1. The number of alkyl carbamates (subject to hydrolysis) is 1. The highest BCUT2D eigenvalue weighted by molar-refractivity contribution is 5.79. The summed E-state index contributed by atoms with van der Waals surface area (Å²) in [6, 6.07) is 15.7. The quantitative estimate of drug-likeness (QED) is 0.568. The summed E-state index contributed by atoms with van der Waals surface area (Å²) in [5.41, 5.74) is 2.86. The van der Waals surface area contributed by atoms with Crippen LogP contribution in [0, 0.1) is 12.0 Å². The number of hydrogen-bond acceptors (Lipinski definition) is 4. The van der Waals surface area contributed by atoms with Crippen molar-refractivity contribution in [3.8, 4) is 0 Å². The van der Waals surface area contributed by atoms with Crippen LogP contribution in [0.3, 0.4) is 0 Å². The fourth-order valence-electron chi connectivity index (χ4n) is 5.25. The number of benzene rings is 2. The highest BCUT2D eigenvalue weighted by Gasteiger charge is 2.50. The number of hydrogen-bond donors (Lipinski definition) is 1. The Labute approximate surface area is 187 Å². The Morgan fingerprint density at radius 1 is 1.22 bits per heavy atom. The minimum absolute atomic E-state index is 0.207. The van der Waals surface area contributed by atoms with Gasteiger partial charge in [-0.15, -0.1) is 0 Å². The Morgan fingerprint density at radius 3 is 2.88 bits per heavy atom. The number of nitrogens with one attached hydrogen (secondary N) is 1. The number of carbonyl (C=O) groups is 1. The van der Waals surface area contributed by atoms with E-state index in [0.29, 0.717) is 32.0 Å². The van der Waals surface area contributed by atoms with Crippen molar-refractivity contribution in [2.24, 2.45) is 5.41 Å². The largest absolute Gasteiger partial charge is 0.441 e. The lowest BCUT2D eigenvalue weighted by Gasteiger charge is -2.44. The zero-order chi connectivity index (χ0) is 22.0. The summed E-state index contributed by atoms with van der Waals surface area (Å²) < 4.78 is 14.2. The third-order valence-corrected chi connectivity index (χ3v) is 6.66. The van der Waals surface area contributed by atoms with Crippen molar-refractivity contribution < 1.29 is 14.3 Å². The molecule has 1 saturated carbocycles. The highest BCUT2D eigenvalue weighted by Crippen LogP contribution is 2.46. The van der Waals surface area contributed by atoms with Gasteiger partial charge in [0.1, 0.15) is 5.60 Å². The third-order valence-electron chi connectivity index (χ3n) is 6.66. The van der Waals surface area contributed by atoms with E-state index >= 15 is 0 Å². The van der Waals surface area contributed by atoms with Gasteiger partial charge in [0.25, 0.3) is 0 Å². The standard InChI is InChI=1S/C25H26N4O3/c1-26-20-8-9-21-22(12-20)29(18-28-21)16-24(17-31-13-19-6-3-2-4-7-19)10-5-11-25(14-24)15-27-23(30)32-25/h2-4,6-9,12,18H,5,10-11,13-17H2,(H,27,30)/t24-,25?/m1/s1. The molecule has 2 aromatic carbocycles. The van der Waals surface area contributed by atoms with Crippen LogP contribution >= 0.6 is 0 Å². The molecular weight excluding hydrogens is 404 g/mol.